The smallest absolute Gasteiger partial charge is 0.0113 e. The average molecular weight is 212 g/mol. The fourth-order valence-electron chi connectivity index (χ4n) is 2.63. The molecule has 3 unspecified atom stereocenters. The Hall–Kier alpha value is -0.0800. The number of nitrogens with zero attached hydrogens (tertiary/aromatic N) is 1. The van der Waals surface area contributed by atoms with Gasteiger partial charge >= 0.3 is 0 Å². The Labute approximate surface area is 95.2 Å². The summed E-state index contributed by atoms with van der Waals surface area (Å²) in [5.74, 6) is 0. The summed E-state index contributed by atoms with van der Waals surface area (Å²) in [5.41, 5.74) is 6.01. The molecule has 2 nitrogen and oxygen atoms in total. The molecule has 0 heterocycles. The second-order valence-corrected chi connectivity index (χ2v) is 5.08. The van der Waals surface area contributed by atoms with Crippen LogP contribution in [0.15, 0.2) is 0 Å². The van der Waals surface area contributed by atoms with Gasteiger partial charge in [0, 0.05) is 18.1 Å². The molecule has 0 aromatic carbocycles. The van der Waals surface area contributed by atoms with Crippen molar-refractivity contribution in [3.05, 3.63) is 0 Å². The molecule has 1 aliphatic rings. The summed E-state index contributed by atoms with van der Waals surface area (Å²) >= 11 is 0. The minimum absolute atomic E-state index is 0.461. The molecule has 0 aromatic rings. The van der Waals surface area contributed by atoms with Crippen molar-refractivity contribution in [1.82, 2.24) is 4.90 Å². The normalized spacial score (nSPS) is 28.6. The van der Waals surface area contributed by atoms with E-state index < -0.39 is 0 Å². The van der Waals surface area contributed by atoms with Crippen LogP contribution in [0, 0.1) is 0 Å². The summed E-state index contributed by atoms with van der Waals surface area (Å²) in [5, 5.41) is 0. The number of nitrogens with two attached hydrogens (primary N) is 1. The van der Waals surface area contributed by atoms with Gasteiger partial charge in [0.15, 0.2) is 0 Å². The first-order valence-corrected chi connectivity index (χ1v) is 6.70. The van der Waals surface area contributed by atoms with Crippen molar-refractivity contribution in [1.29, 1.82) is 0 Å². The van der Waals surface area contributed by atoms with Gasteiger partial charge in [0.2, 0.25) is 0 Å². The fourth-order valence-corrected chi connectivity index (χ4v) is 2.63. The van der Waals surface area contributed by atoms with E-state index in [0.717, 1.165) is 12.1 Å². The van der Waals surface area contributed by atoms with Crippen LogP contribution in [-0.2, 0) is 0 Å². The van der Waals surface area contributed by atoms with Crippen molar-refractivity contribution in [2.45, 2.75) is 77.4 Å². The molecular formula is C13H28N2. The van der Waals surface area contributed by atoms with E-state index in [1.807, 2.05) is 0 Å². The minimum Gasteiger partial charge on any atom is -0.328 e. The second-order valence-electron chi connectivity index (χ2n) is 5.08. The van der Waals surface area contributed by atoms with Crippen LogP contribution in [-0.4, -0.2) is 29.6 Å². The highest BCUT2D eigenvalue weighted by atomic mass is 15.2. The van der Waals surface area contributed by atoms with Gasteiger partial charge in [-0.3, -0.25) is 4.90 Å². The van der Waals surface area contributed by atoms with Crippen molar-refractivity contribution < 1.29 is 0 Å². The third kappa shape index (κ3) is 3.76. The molecule has 1 rings (SSSR count). The summed E-state index contributed by atoms with van der Waals surface area (Å²) in [4.78, 5) is 2.70. The van der Waals surface area contributed by atoms with E-state index in [-0.39, 0.29) is 0 Å². The summed E-state index contributed by atoms with van der Waals surface area (Å²) in [6.07, 6.45) is 7.64. The van der Waals surface area contributed by atoms with Gasteiger partial charge in [-0.2, -0.15) is 0 Å². The van der Waals surface area contributed by atoms with Gasteiger partial charge in [-0.25, -0.2) is 0 Å². The quantitative estimate of drug-likeness (QED) is 0.733. The van der Waals surface area contributed by atoms with Crippen molar-refractivity contribution in [3.8, 4) is 0 Å². The largest absolute Gasteiger partial charge is 0.328 e. The minimum atomic E-state index is 0.461. The van der Waals surface area contributed by atoms with E-state index in [2.05, 4.69) is 25.7 Å². The second kappa shape index (κ2) is 6.49. The highest BCUT2D eigenvalue weighted by Crippen LogP contribution is 2.25. The summed E-state index contributed by atoms with van der Waals surface area (Å²) in [7, 11) is 0. The molecule has 15 heavy (non-hydrogen) atoms. The van der Waals surface area contributed by atoms with Crippen molar-refractivity contribution in [2.24, 2.45) is 5.73 Å². The third-order valence-electron chi connectivity index (χ3n) is 3.84. The first-order chi connectivity index (χ1) is 7.19. The standard InChI is InChI=1S/C13H28N2/c1-4-6-9-15(11(3)5-2)13-8-7-12(14)10-13/h11-13H,4-10,14H2,1-3H3. The monoisotopic (exact) mass is 212 g/mol. The Morgan fingerprint density at radius 2 is 2.07 bits per heavy atom. The summed E-state index contributed by atoms with van der Waals surface area (Å²) in [6, 6.07) is 1.96. The summed E-state index contributed by atoms with van der Waals surface area (Å²) in [6.45, 7) is 8.19. The zero-order chi connectivity index (χ0) is 11.3. The highest BCUT2D eigenvalue weighted by molar-refractivity contribution is 4.86. The van der Waals surface area contributed by atoms with Gasteiger partial charge in [0.25, 0.3) is 0 Å². The maximum Gasteiger partial charge on any atom is 0.0113 e. The van der Waals surface area contributed by atoms with E-state index in [1.54, 1.807) is 0 Å². The topological polar surface area (TPSA) is 29.3 Å². The molecule has 0 amide bonds. The van der Waals surface area contributed by atoms with Crippen molar-refractivity contribution >= 4 is 0 Å². The van der Waals surface area contributed by atoms with Gasteiger partial charge in [0.1, 0.15) is 0 Å². The van der Waals surface area contributed by atoms with Crippen LogP contribution < -0.4 is 5.73 Å². The van der Waals surface area contributed by atoms with Crippen molar-refractivity contribution in [2.75, 3.05) is 6.54 Å². The van der Waals surface area contributed by atoms with Gasteiger partial charge < -0.3 is 5.73 Å². The van der Waals surface area contributed by atoms with E-state index in [0.29, 0.717) is 6.04 Å². The number of hydrogen-bond donors (Lipinski definition) is 1. The maximum atomic E-state index is 6.01. The lowest BCUT2D eigenvalue weighted by atomic mass is 10.1. The first-order valence-electron chi connectivity index (χ1n) is 6.70. The molecule has 90 valence electrons. The van der Waals surface area contributed by atoms with Gasteiger partial charge in [-0.1, -0.05) is 20.3 Å². The molecule has 1 fully saturated rings. The average Bonchev–Trinajstić information content (AvgIpc) is 2.65. The van der Waals surface area contributed by atoms with E-state index in [4.69, 9.17) is 5.73 Å². The molecule has 0 aliphatic heterocycles. The molecule has 2 N–H and O–H groups in total. The van der Waals surface area contributed by atoms with E-state index in [9.17, 15) is 0 Å². The molecule has 0 aromatic heterocycles. The maximum absolute atomic E-state index is 6.01. The van der Waals surface area contributed by atoms with Gasteiger partial charge in [-0.15, -0.1) is 0 Å². The van der Waals surface area contributed by atoms with Crippen molar-refractivity contribution in [3.63, 3.8) is 0 Å². The predicted octanol–water partition coefficient (Wildman–Crippen LogP) is 2.77. The van der Waals surface area contributed by atoms with Gasteiger partial charge in [0.05, 0.1) is 0 Å². The number of unbranched alkanes of at least 4 members (excludes halogenated alkanes) is 1. The van der Waals surface area contributed by atoms with E-state index in [1.165, 1.54) is 45.1 Å². The van der Waals surface area contributed by atoms with Crippen LogP contribution >= 0.6 is 0 Å². The molecule has 1 aliphatic carbocycles. The van der Waals surface area contributed by atoms with Crippen LogP contribution in [0.5, 0.6) is 0 Å². The number of hydrogen-bond acceptors (Lipinski definition) is 2. The molecule has 0 radical (unpaired) electrons. The van der Waals surface area contributed by atoms with Crippen LogP contribution in [0.2, 0.25) is 0 Å². The lowest BCUT2D eigenvalue weighted by Gasteiger charge is -2.34. The Morgan fingerprint density at radius 1 is 1.33 bits per heavy atom. The lowest BCUT2D eigenvalue weighted by molar-refractivity contribution is 0.138. The summed E-state index contributed by atoms with van der Waals surface area (Å²) < 4.78 is 0. The van der Waals surface area contributed by atoms with Crippen LogP contribution in [0.1, 0.15) is 59.3 Å². The lowest BCUT2D eigenvalue weighted by Crippen LogP contribution is -2.41. The third-order valence-corrected chi connectivity index (χ3v) is 3.84. The predicted molar refractivity (Wildman–Crippen MR) is 67.0 cm³/mol. The Balaban J connectivity index is 2.47. The molecule has 3 atom stereocenters. The van der Waals surface area contributed by atoms with Crippen LogP contribution in [0.25, 0.3) is 0 Å². The zero-order valence-electron chi connectivity index (χ0n) is 10.7. The van der Waals surface area contributed by atoms with Gasteiger partial charge in [-0.05, 0) is 45.6 Å². The Kier molecular flexibility index (Phi) is 5.62. The first kappa shape index (κ1) is 13.0. The SMILES string of the molecule is CCCCN(C(C)CC)C1CCC(N)C1. The number of rotatable bonds is 6. The molecule has 0 spiro atoms. The molecular weight excluding hydrogens is 184 g/mol. The van der Waals surface area contributed by atoms with Crippen LogP contribution in [0.3, 0.4) is 0 Å². The molecule has 2 heteroatoms. The molecule has 0 bridgehead atoms. The highest BCUT2D eigenvalue weighted by Gasteiger charge is 2.28. The molecule has 1 saturated carbocycles. The van der Waals surface area contributed by atoms with E-state index >= 15 is 0 Å². The fraction of sp³-hybridized carbons (Fsp3) is 1.00. The zero-order valence-corrected chi connectivity index (χ0v) is 10.7. The van der Waals surface area contributed by atoms with Crippen LogP contribution in [0.4, 0.5) is 0 Å². The molecule has 0 saturated heterocycles. The Morgan fingerprint density at radius 3 is 2.53 bits per heavy atom. The Bertz CT molecular complexity index is 170.